The molecule has 0 aliphatic heterocycles. The van der Waals surface area contributed by atoms with Gasteiger partial charge in [0.05, 0.1) is 7.11 Å². The lowest BCUT2D eigenvalue weighted by Crippen LogP contribution is -2.22. The topological polar surface area (TPSA) is 64.6 Å². The van der Waals surface area contributed by atoms with Gasteiger partial charge < -0.3 is 14.8 Å². The molecule has 0 fully saturated rings. The van der Waals surface area contributed by atoms with Crippen LogP contribution in [0, 0.1) is 20.8 Å². The molecule has 25 heavy (non-hydrogen) atoms. The molecule has 1 amide bonds. The molecule has 5 nitrogen and oxygen atoms in total. The standard InChI is InChI=1S/C19H20ClNO4/c1-11-7-12(2)18(13(3)8-11)21-17(22)10-25-19(23)15-9-14(20)5-6-16(15)24-4/h5-9H,10H2,1-4H3,(H,21,22). The minimum atomic E-state index is -0.674. The molecule has 0 aromatic heterocycles. The summed E-state index contributed by atoms with van der Waals surface area (Å²) in [5, 5.41) is 3.16. The molecule has 2 aromatic rings. The molecule has 132 valence electrons. The lowest BCUT2D eigenvalue weighted by molar-refractivity contribution is -0.119. The van der Waals surface area contributed by atoms with Crippen molar-refractivity contribution in [2.45, 2.75) is 20.8 Å². The minimum Gasteiger partial charge on any atom is -0.496 e. The maximum atomic E-state index is 12.2. The number of hydrogen-bond acceptors (Lipinski definition) is 4. The summed E-state index contributed by atoms with van der Waals surface area (Å²) in [4.78, 5) is 24.3. The van der Waals surface area contributed by atoms with Crippen molar-refractivity contribution in [2.24, 2.45) is 0 Å². The number of amides is 1. The SMILES string of the molecule is COc1ccc(Cl)cc1C(=O)OCC(=O)Nc1c(C)cc(C)cc1C. The van der Waals surface area contributed by atoms with E-state index < -0.39 is 18.5 Å². The molecular formula is C19H20ClNO4. The average Bonchev–Trinajstić information content (AvgIpc) is 2.55. The van der Waals surface area contributed by atoms with Crippen LogP contribution in [0.15, 0.2) is 30.3 Å². The Balaban J connectivity index is 2.03. The van der Waals surface area contributed by atoms with Crippen LogP contribution in [-0.4, -0.2) is 25.6 Å². The number of carbonyl (C=O) groups excluding carboxylic acids is 2. The number of rotatable bonds is 5. The van der Waals surface area contributed by atoms with Gasteiger partial charge in [-0.05, 0) is 50.1 Å². The van der Waals surface area contributed by atoms with Crippen LogP contribution in [-0.2, 0) is 9.53 Å². The molecule has 0 atom stereocenters. The number of benzene rings is 2. The Morgan fingerprint density at radius 1 is 1.08 bits per heavy atom. The maximum absolute atomic E-state index is 12.2. The Labute approximate surface area is 151 Å². The van der Waals surface area contributed by atoms with E-state index in [1.54, 1.807) is 12.1 Å². The van der Waals surface area contributed by atoms with Crippen LogP contribution in [0.1, 0.15) is 27.0 Å². The number of halogens is 1. The lowest BCUT2D eigenvalue weighted by atomic mass is 10.1. The van der Waals surface area contributed by atoms with Crippen LogP contribution >= 0.6 is 11.6 Å². The van der Waals surface area contributed by atoms with E-state index in [9.17, 15) is 9.59 Å². The highest BCUT2D eigenvalue weighted by Gasteiger charge is 2.16. The average molecular weight is 362 g/mol. The zero-order valence-electron chi connectivity index (χ0n) is 14.6. The van der Waals surface area contributed by atoms with Gasteiger partial charge in [0.1, 0.15) is 11.3 Å². The Bertz CT molecular complexity index is 794. The molecule has 0 radical (unpaired) electrons. The second-order valence-corrected chi connectivity index (χ2v) is 6.18. The van der Waals surface area contributed by atoms with E-state index in [4.69, 9.17) is 21.1 Å². The normalized spacial score (nSPS) is 10.3. The van der Waals surface area contributed by atoms with E-state index in [0.29, 0.717) is 10.8 Å². The second kappa shape index (κ2) is 8.03. The number of aryl methyl sites for hydroxylation is 3. The first-order chi connectivity index (χ1) is 11.8. The van der Waals surface area contributed by atoms with Gasteiger partial charge in [0.15, 0.2) is 6.61 Å². The summed E-state index contributed by atoms with van der Waals surface area (Å²) >= 11 is 5.89. The highest BCUT2D eigenvalue weighted by molar-refractivity contribution is 6.31. The first-order valence-electron chi connectivity index (χ1n) is 7.70. The third-order valence-electron chi connectivity index (χ3n) is 3.66. The van der Waals surface area contributed by atoms with Crippen LogP contribution in [0.25, 0.3) is 0 Å². The number of ether oxygens (including phenoxy) is 2. The molecule has 0 saturated carbocycles. The molecule has 6 heteroatoms. The van der Waals surface area contributed by atoms with Gasteiger partial charge in [0.25, 0.3) is 5.91 Å². The number of nitrogens with one attached hydrogen (secondary N) is 1. The Morgan fingerprint density at radius 2 is 1.72 bits per heavy atom. The van der Waals surface area contributed by atoms with Crippen LogP contribution in [0.5, 0.6) is 5.75 Å². The molecule has 0 heterocycles. The summed E-state index contributed by atoms with van der Waals surface area (Å²) in [7, 11) is 1.44. The Morgan fingerprint density at radius 3 is 2.32 bits per heavy atom. The van der Waals surface area contributed by atoms with Crippen molar-refractivity contribution in [3.05, 3.63) is 57.6 Å². The highest BCUT2D eigenvalue weighted by atomic mass is 35.5. The monoisotopic (exact) mass is 361 g/mol. The van der Waals surface area contributed by atoms with Crippen molar-refractivity contribution >= 4 is 29.2 Å². The number of carbonyl (C=O) groups is 2. The van der Waals surface area contributed by atoms with Crippen LogP contribution < -0.4 is 10.1 Å². The molecule has 2 aromatic carbocycles. The zero-order chi connectivity index (χ0) is 18.6. The highest BCUT2D eigenvalue weighted by Crippen LogP contribution is 2.24. The van der Waals surface area contributed by atoms with Gasteiger partial charge in [-0.25, -0.2) is 4.79 Å². The number of esters is 1. The van der Waals surface area contributed by atoms with Crippen molar-refractivity contribution in [2.75, 3.05) is 19.0 Å². The van der Waals surface area contributed by atoms with E-state index in [1.165, 1.54) is 13.2 Å². The predicted octanol–water partition coefficient (Wildman–Crippen LogP) is 4.07. The van der Waals surface area contributed by atoms with Gasteiger partial charge in [-0.3, -0.25) is 4.79 Å². The lowest BCUT2D eigenvalue weighted by Gasteiger charge is -2.13. The van der Waals surface area contributed by atoms with E-state index in [2.05, 4.69) is 5.32 Å². The van der Waals surface area contributed by atoms with Crippen LogP contribution in [0.4, 0.5) is 5.69 Å². The maximum Gasteiger partial charge on any atom is 0.342 e. The first-order valence-corrected chi connectivity index (χ1v) is 8.08. The zero-order valence-corrected chi connectivity index (χ0v) is 15.4. The summed E-state index contributed by atoms with van der Waals surface area (Å²) in [6.45, 7) is 5.42. The fourth-order valence-electron chi connectivity index (χ4n) is 2.60. The van der Waals surface area contributed by atoms with Gasteiger partial charge in [-0.1, -0.05) is 29.3 Å². The summed E-state index contributed by atoms with van der Waals surface area (Å²) < 4.78 is 10.2. The number of hydrogen-bond donors (Lipinski definition) is 1. The van der Waals surface area contributed by atoms with Crippen molar-refractivity contribution < 1.29 is 19.1 Å². The molecular weight excluding hydrogens is 342 g/mol. The van der Waals surface area contributed by atoms with Gasteiger partial charge in [-0.15, -0.1) is 0 Å². The van der Waals surface area contributed by atoms with Crippen LogP contribution in [0.3, 0.4) is 0 Å². The Hall–Kier alpha value is -2.53. The summed E-state index contributed by atoms with van der Waals surface area (Å²) in [5.74, 6) is -0.753. The van der Waals surface area contributed by atoms with Crippen molar-refractivity contribution in [1.29, 1.82) is 0 Å². The van der Waals surface area contributed by atoms with Gasteiger partial charge in [0.2, 0.25) is 0 Å². The second-order valence-electron chi connectivity index (χ2n) is 5.74. The molecule has 0 saturated heterocycles. The molecule has 0 spiro atoms. The van der Waals surface area contributed by atoms with Crippen LogP contribution in [0.2, 0.25) is 5.02 Å². The molecule has 2 rings (SSSR count). The third kappa shape index (κ3) is 4.73. The quantitative estimate of drug-likeness (QED) is 0.815. The minimum absolute atomic E-state index is 0.172. The van der Waals surface area contributed by atoms with Crippen molar-refractivity contribution in [3.8, 4) is 5.75 Å². The van der Waals surface area contributed by atoms with Gasteiger partial charge in [0, 0.05) is 10.7 Å². The fraction of sp³-hybridized carbons (Fsp3) is 0.263. The molecule has 0 bridgehead atoms. The molecule has 0 aliphatic carbocycles. The molecule has 0 aliphatic rings. The number of methoxy groups -OCH3 is 1. The third-order valence-corrected chi connectivity index (χ3v) is 3.89. The van der Waals surface area contributed by atoms with E-state index in [-0.39, 0.29) is 5.56 Å². The Kier molecular flexibility index (Phi) is 6.04. The first kappa shape index (κ1) is 18.8. The fourth-order valence-corrected chi connectivity index (χ4v) is 2.77. The van der Waals surface area contributed by atoms with Gasteiger partial charge >= 0.3 is 5.97 Å². The number of anilines is 1. The van der Waals surface area contributed by atoms with E-state index in [0.717, 1.165) is 22.4 Å². The summed E-state index contributed by atoms with van der Waals surface area (Å²) in [6, 6.07) is 8.57. The van der Waals surface area contributed by atoms with E-state index in [1.807, 2.05) is 32.9 Å². The van der Waals surface area contributed by atoms with Crippen molar-refractivity contribution in [3.63, 3.8) is 0 Å². The largest absolute Gasteiger partial charge is 0.496 e. The van der Waals surface area contributed by atoms with Crippen molar-refractivity contribution in [1.82, 2.24) is 0 Å². The van der Waals surface area contributed by atoms with Gasteiger partial charge in [-0.2, -0.15) is 0 Å². The molecule has 0 unspecified atom stereocenters. The summed E-state index contributed by atoms with van der Waals surface area (Å²) in [5.41, 5.74) is 3.92. The van der Waals surface area contributed by atoms with E-state index >= 15 is 0 Å². The molecule has 1 N–H and O–H groups in total. The smallest absolute Gasteiger partial charge is 0.342 e. The predicted molar refractivity (Wildman–Crippen MR) is 97.6 cm³/mol. The summed E-state index contributed by atoms with van der Waals surface area (Å²) in [6.07, 6.45) is 0.